The molecule has 0 aliphatic carbocycles. The van der Waals surface area contributed by atoms with E-state index in [9.17, 15) is 0 Å². The summed E-state index contributed by atoms with van der Waals surface area (Å²) in [7, 11) is 0. The summed E-state index contributed by atoms with van der Waals surface area (Å²) in [6, 6.07) is 0. The van der Waals surface area contributed by atoms with Gasteiger partial charge < -0.3 is 5.32 Å². The molecular formula is C10H14N6S. The molecule has 0 radical (unpaired) electrons. The maximum atomic E-state index is 5.27. The highest BCUT2D eigenvalue weighted by Gasteiger charge is 2.04. The van der Waals surface area contributed by atoms with E-state index in [1.165, 1.54) is 4.88 Å². The van der Waals surface area contributed by atoms with Crippen LogP contribution in [0.1, 0.15) is 15.4 Å². The van der Waals surface area contributed by atoms with Crippen molar-refractivity contribution in [2.75, 3.05) is 10.7 Å². The Morgan fingerprint density at radius 2 is 2.12 bits per heavy atom. The molecule has 0 fully saturated rings. The Labute approximate surface area is 103 Å². The number of nitrogens with zero attached hydrogens (tertiary/aromatic N) is 3. The molecule has 0 spiro atoms. The molecule has 7 heteroatoms. The summed E-state index contributed by atoms with van der Waals surface area (Å²) in [5.41, 5.74) is 3.40. The van der Waals surface area contributed by atoms with Crippen molar-refractivity contribution in [2.45, 2.75) is 20.4 Å². The molecule has 0 aliphatic heterocycles. The van der Waals surface area contributed by atoms with Crippen molar-refractivity contribution in [3.05, 3.63) is 27.8 Å². The third kappa shape index (κ3) is 2.89. The minimum absolute atomic E-state index is 0.401. The number of anilines is 2. The summed E-state index contributed by atoms with van der Waals surface area (Å²) in [4.78, 5) is 13.6. The normalized spacial score (nSPS) is 10.3. The van der Waals surface area contributed by atoms with E-state index >= 15 is 0 Å². The minimum atomic E-state index is 0.401. The predicted octanol–water partition coefficient (Wildman–Crippen LogP) is 1.45. The standard InChI is InChI=1S/C10H14N6S/c1-6-3-14-10(16-11)15-9(6)13-5-8-4-12-7(2)17-8/h3-4H,5,11H2,1-2H3,(H2,13,14,15,16). The van der Waals surface area contributed by atoms with Crippen molar-refractivity contribution in [2.24, 2.45) is 5.84 Å². The van der Waals surface area contributed by atoms with Gasteiger partial charge in [0.25, 0.3) is 0 Å². The molecule has 0 saturated carbocycles. The summed E-state index contributed by atoms with van der Waals surface area (Å²) in [5, 5.41) is 4.30. The van der Waals surface area contributed by atoms with Crippen molar-refractivity contribution < 1.29 is 0 Å². The molecule has 0 atom stereocenters. The van der Waals surface area contributed by atoms with Gasteiger partial charge >= 0.3 is 0 Å². The molecule has 0 unspecified atom stereocenters. The van der Waals surface area contributed by atoms with Gasteiger partial charge in [-0.1, -0.05) is 0 Å². The smallest absolute Gasteiger partial charge is 0.239 e. The molecule has 0 aromatic carbocycles. The zero-order chi connectivity index (χ0) is 12.3. The van der Waals surface area contributed by atoms with Crippen molar-refractivity contribution in [1.82, 2.24) is 15.0 Å². The van der Waals surface area contributed by atoms with Crippen LogP contribution in [0.25, 0.3) is 0 Å². The van der Waals surface area contributed by atoms with Crippen LogP contribution in [0.5, 0.6) is 0 Å². The molecule has 2 aromatic rings. The van der Waals surface area contributed by atoms with Gasteiger partial charge in [-0.15, -0.1) is 11.3 Å². The first-order chi connectivity index (χ1) is 8.19. The largest absolute Gasteiger partial charge is 0.365 e. The predicted molar refractivity (Wildman–Crippen MR) is 68.8 cm³/mol. The summed E-state index contributed by atoms with van der Waals surface area (Å²) >= 11 is 1.67. The van der Waals surface area contributed by atoms with E-state index in [-0.39, 0.29) is 0 Å². The van der Waals surface area contributed by atoms with E-state index in [4.69, 9.17) is 5.84 Å². The van der Waals surface area contributed by atoms with Gasteiger partial charge in [0.05, 0.1) is 11.6 Å². The summed E-state index contributed by atoms with van der Waals surface area (Å²) in [6.45, 7) is 4.63. The van der Waals surface area contributed by atoms with Crippen LogP contribution >= 0.6 is 11.3 Å². The summed E-state index contributed by atoms with van der Waals surface area (Å²) in [6.07, 6.45) is 3.59. The first kappa shape index (κ1) is 11.7. The molecule has 0 aliphatic rings. The van der Waals surface area contributed by atoms with E-state index in [2.05, 4.69) is 25.7 Å². The fourth-order valence-corrected chi connectivity index (χ4v) is 2.08. The molecule has 6 nitrogen and oxygen atoms in total. The topological polar surface area (TPSA) is 88.8 Å². The van der Waals surface area contributed by atoms with Gasteiger partial charge in [0.2, 0.25) is 5.95 Å². The van der Waals surface area contributed by atoms with Crippen molar-refractivity contribution >= 4 is 23.1 Å². The molecule has 4 N–H and O–H groups in total. The Morgan fingerprint density at radius 3 is 2.76 bits per heavy atom. The van der Waals surface area contributed by atoms with E-state index in [1.807, 2.05) is 20.0 Å². The van der Waals surface area contributed by atoms with Crippen molar-refractivity contribution in [3.8, 4) is 0 Å². The number of hydrogen-bond acceptors (Lipinski definition) is 7. The number of rotatable bonds is 4. The van der Waals surface area contributed by atoms with Gasteiger partial charge in [-0.3, -0.25) is 5.43 Å². The molecular weight excluding hydrogens is 236 g/mol. The number of nitrogens with two attached hydrogens (primary N) is 1. The van der Waals surface area contributed by atoms with Crippen molar-refractivity contribution in [3.63, 3.8) is 0 Å². The summed E-state index contributed by atoms with van der Waals surface area (Å²) < 4.78 is 0. The van der Waals surface area contributed by atoms with Gasteiger partial charge in [0, 0.05) is 22.8 Å². The lowest BCUT2D eigenvalue weighted by Gasteiger charge is -2.08. The first-order valence-corrected chi connectivity index (χ1v) is 5.96. The third-order valence-electron chi connectivity index (χ3n) is 2.20. The second kappa shape index (κ2) is 5.07. The number of aryl methyl sites for hydroxylation is 2. The molecule has 0 bridgehead atoms. The second-order valence-electron chi connectivity index (χ2n) is 3.57. The van der Waals surface area contributed by atoms with E-state index < -0.39 is 0 Å². The fraction of sp³-hybridized carbons (Fsp3) is 0.300. The number of hydrazine groups is 1. The number of nitrogen functional groups attached to an aromatic ring is 1. The van der Waals surface area contributed by atoms with E-state index in [0.717, 1.165) is 16.4 Å². The van der Waals surface area contributed by atoms with Crippen LogP contribution in [0, 0.1) is 13.8 Å². The van der Waals surface area contributed by atoms with Crippen LogP contribution < -0.4 is 16.6 Å². The number of hydrogen-bond donors (Lipinski definition) is 3. The lowest BCUT2D eigenvalue weighted by Crippen LogP contribution is -2.12. The molecule has 2 heterocycles. The van der Waals surface area contributed by atoms with Crippen LogP contribution in [0.4, 0.5) is 11.8 Å². The quantitative estimate of drug-likeness (QED) is 0.562. The van der Waals surface area contributed by atoms with Gasteiger partial charge in [0.15, 0.2) is 0 Å². The molecule has 2 rings (SSSR count). The third-order valence-corrected chi connectivity index (χ3v) is 3.11. The zero-order valence-corrected chi connectivity index (χ0v) is 10.5. The van der Waals surface area contributed by atoms with Crippen LogP contribution in [-0.2, 0) is 6.54 Å². The Hall–Kier alpha value is -1.73. The lowest BCUT2D eigenvalue weighted by atomic mass is 10.3. The van der Waals surface area contributed by atoms with Crippen LogP contribution in [-0.4, -0.2) is 15.0 Å². The van der Waals surface area contributed by atoms with Crippen LogP contribution in [0.15, 0.2) is 12.4 Å². The fourth-order valence-electron chi connectivity index (χ4n) is 1.35. The highest BCUT2D eigenvalue weighted by Crippen LogP contribution is 2.16. The molecule has 2 aromatic heterocycles. The van der Waals surface area contributed by atoms with Gasteiger partial charge in [-0.2, -0.15) is 4.98 Å². The maximum absolute atomic E-state index is 5.27. The molecule has 17 heavy (non-hydrogen) atoms. The van der Waals surface area contributed by atoms with E-state index in [0.29, 0.717) is 12.5 Å². The lowest BCUT2D eigenvalue weighted by molar-refractivity contribution is 1.05. The molecule has 0 amide bonds. The van der Waals surface area contributed by atoms with Gasteiger partial charge in [-0.05, 0) is 13.8 Å². The maximum Gasteiger partial charge on any atom is 0.239 e. The minimum Gasteiger partial charge on any atom is -0.365 e. The average Bonchev–Trinajstić information content (AvgIpc) is 2.74. The Morgan fingerprint density at radius 1 is 1.29 bits per heavy atom. The average molecular weight is 250 g/mol. The SMILES string of the molecule is Cc1ncc(CNc2nc(NN)ncc2C)s1. The monoisotopic (exact) mass is 250 g/mol. The van der Waals surface area contributed by atoms with E-state index in [1.54, 1.807) is 17.5 Å². The highest BCUT2D eigenvalue weighted by molar-refractivity contribution is 7.11. The Balaban J connectivity index is 2.07. The Kier molecular flexibility index (Phi) is 3.50. The molecule has 0 saturated heterocycles. The number of aromatic nitrogens is 3. The Bertz CT molecular complexity index is 509. The first-order valence-electron chi connectivity index (χ1n) is 5.14. The zero-order valence-electron chi connectivity index (χ0n) is 9.69. The van der Waals surface area contributed by atoms with Crippen molar-refractivity contribution in [1.29, 1.82) is 0 Å². The highest BCUT2D eigenvalue weighted by atomic mass is 32.1. The molecule has 90 valence electrons. The number of nitrogens with one attached hydrogen (secondary N) is 2. The van der Waals surface area contributed by atoms with Crippen LogP contribution in [0.2, 0.25) is 0 Å². The van der Waals surface area contributed by atoms with Gasteiger partial charge in [-0.25, -0.2) is 15.8 Å². The van der Waals surface area contributed by atoms with Gasteiger partial charge in [0.1, 0.15) is 5.82 Å². The number of thiazole rings is 1. The van der Waals surface area contributed by atoms with Crippen LogP contribution in [0.3, 0.4) is 0 Å². The summed E-state index contributed by atoms with van der Waals surface area (Å²) in [5.74, 6) is 6.45. The second-order valence-corrected chi connectivity index (χ2v) is 4.89.